The third-order valence-corrected chi connectivity index (χ3v) is 6.53. The first-order valence-electron chi connectivity index (χ1n) is 11.4. The molecule has 3 rings (SSSR count). The van der Waals surface area contributed by atoms with Crippen LogP contribution in [0.15, 0.2) is 53.7 Å². The Bertz CT molecular complexity index is 1250. The Morgan fingerprint density at radius 1 is 1.11 bits per heavy atom. The highest BCUT2D eigenvalue weighted by atomic mass is 35.5. The van der Waals surface area contributed by atoms with Gasteiger partial charge >= 0.3 is 5.97 Å². The van der Waals surface area contributed by atoms with Crippen molar-refractivity contribution in [1.29, 1.82) is 0 Å². The van der Waals surface area contributed by atoms with Gasteiger partial charge in [-0.3, -0.25) is 9.59 Å². The predicted octanol–water partition coefficient (Wildman–Crippen LogP) is 4.90. The van der Waals surface area contributed by atoms with E-state index in [4.69, 9.17) is 16.7 Å². The van der Waals surface area contributed by atoms with Crippen LogP contribution < -0.4 is 10.6 Å². The van der Waals surface area contributed by atoms with Gasteiger partial charge in [0, 0.05) is 12.2 Å². The fourth-order valence-corrected chi connectivity index (χ4v) is 4.63. The van der Waals surface area contributed by atoms with Crippen LogP contribution in [0.2, 0.25) is 5.02 Å². The summed E-state index contributed by atoms with van der Waals surface area (Å²) in [4.78, 5) is 36.6. The maximum Gasteiger partial charge on any atom is 0.335 e. The summed E-state index contributed by atoms with van der Waals surface area (Å²) in [5, 5.41) is 24.4. The summed E-state index contributed by atoms with van der Waals surface area (Å²) in [5.74, 6) is -0.747. The fourth-order valence-electron chi connectivity index (χ4n) is 3.60. The largest absolute Gasteiger partial charge is 0.478 e. The SMILES string of the molecule is CCn1c(SCC(=O)Nc2cccc(C(=O)O)c2)nnc1[C@H](CC(C)C)NC(=O)c1ccccc1Cl. The highest BCUT2D eigenvalue weighted by Crippen LogP contribution is 2.26. The number of aromatic nitrogens is 3. The smallest absolute Gasteiger partial charge is 0.335 e. The maximum absolute atomic E-state index is 12.9. The molecule has 0 bridgehead atoms. The number of hydrogen-bond acceptors (Lipinski definition) is 6. The topological polar surface area (TPSA) is 126 Å². The van der Waals surface area contributed by atoms with E-state index in [1.807, 2.05) is 11.5 Å². The maximum atomic E-state index is 12.9. The number of halogens is 1. The van der Waals surface area contributed by atoms with Crippen molar-refractivity contribution in [2.45, 2.75) is 44.9 Å². The first-order chi connectivity index (χ1) is 17.2. The molecule has 0 saturated carbocycles. The molecule has 36 heavy (non-hydrogen) atoms. The minimum Gasteiger partial charge on any atom is -0.478 e. The van der Waals surface area contributed by atoms with E-state index in [1.54, 1.807) is 36.4 Å². The molecule has 0 spiro atoms. The second-order valence-electron chi connectivity index (χ2n) is 8.44. The minimum absolute atomic E-state index is 0.0518. The van der Waals surface area contributed by atoms with Gasteiger partial charge in [-0.15, -0.1) is 10.2 Å². The van der Waals surface area contributed by atoms with E-state index in [2.05, 4.69) is 34.7 Å². The molecule has 0 unspecified atom stereocenters. The molecule has 11 heteroatoms. The summed E-state index contributed by atoms with van der Waals surface area (Å²) in [7, 11) is 0. The van der Waals surface area contributed by atoms with Crippen LogP contribution in [0.25, 0.3) is 0 Å². The van der Waals surface area contributed by atoms with Gasteiger partial charge in [-0.1, -0.05) is 55.4 Å². The minimum atomic E-state index is -1.07. The third kappa shape index (κ3) is 7.08. The van der Waals surface area contributed by atoms with Crippen molar-refractivity contribution in [2.24, 2.45) is 5.92 Å². The van der Waals surface area contributed by atoms with Crippen LogP contribution in [-0.4, -0.2) is 43.4 Å². The molecule has 2 aromatic carbocycles. The molecule has 0 aliphatic rings. The Kier molecular flexibility index (Phi) is 9.49. The van der Waals surface area contributed by atoms with E-state index in [9.17, 15) is 14.4 Å². The van der Waals surface area contributed by atoms with E-state index < -0.39 is 12.0 Å². The Hall–Kier alpha value is -3.37. The predicted molar refractivity (Wildman–Crippen MR) is 140 cm³/mol. The van der Waals surface area contributed by atoms with Gasteiger partial charge in [0.1, 0.15) is 0 Å². The van der Waals surface area contributed by atoms with Gasteiger partial charge in [0.15, 0.2) is 11.0 Å². The van der Waals surface area contributed by atoms with Crippen LogP contribution in [0.1, 0.15) is 59.8 Å². The zero-order valence-corrected chi connectivity index (χ0v) is 21.8. The second kappa shape index (κ2) is 12.5. The van der Waals surface area contributed by atoms with Gasteiger partial charge in [-0.25, -0.2) is 4.79 Å². The Labute approximate surface area is 218 Å². The molecular weight excluding hydrogens is 502 g/mol. The van der Waals surface area contributed by atoms with Crippen molar-refractivity contribution in [3.63, 3.8) is 0 Å². The normalized spacial score (nSPS) is 11.8. The lowest BCUT2D eigenvalue weighted by Gasteiger charge is -2.21. The van der Waals surface area contributed by atoms with Crippen LogP contribution in [0.4, 0.5) is 5.69 Å². The lowest BCUT2D eigenvalue weighted by molar-refractivity contribution is -0.113. The molecule has 1 aromatic heterocycles. The van der Waals surface area contributed by atoms with E-state index >= 15 is 0 Å². The molecule has 3 aromatic rings. The highest BCUT2D eigenvalue weighted by Gasteiger charge is 2.25. The Morgan fingerprint density at radius 2 is 1.86 bits per heavy atom. The third-order valence-electron chi connectivity index (χ3n) is 5.23. The van der Waals surface area contributed by atoms with Gasteiger partial charge in [0.25, 0.3) is 5.91 Å². The highest BCUT2D eigenvalue weighted by molar-refractivity contribution is 7.99. The van der Waals surface area contributed by atoms with Gasteiger partial charge in [0.05, 0.1) is 27.9 Å². The number of thioether (sulfide) groups is 1. The monoisotopic (exact) mass is 529 g/mol. The molecule has 0 aliphatic heterocycles. The molecule has 1 heterocycles. The van der Waals surface area contributed by atoms with Gasteiger partial charge in [0.2, 0.25) is 5.91 Å². The average molecular weight is 530 g/mol. The number of rotatable bonds is 11. The number of aromatic carboxylic acids is 1. The summed E-state index contributed by atoms with van der Waals surface area (Å²) in [6.07, 6.45) is 0.638. The number of carbonyl (C=O) groups excluding carboxylic acids is 2. The quantitative estimate of drug-likeness (QED) is 0.301. The molecule has 3 N–H and O–H groups in total. The van der Waals surface area contributed by atoms with Crippen molar-refractivity contribution in [3.8, 4) is 0 Å². The number of carboxylic acid groups (broad SMARTS) is 1. The summed E-state index contributed by atoms with van der Waals surface area (Å²) < 4.78 is 1.88. The number of nitrogens with zero attached hydrogens (tertiary/aromatic N) is 3. The van der Waals surface area contributed by atoms with Crippen molar-refractivity contribution >= 4 is 46.8 Å². The van der Waals surface area contributed by atoms with E-state index in [-0.39, 0.29) is 29.0 Å². The van der Waals surface area contributed by atoms with Gasteiger partial charge in [-0.05, 0) is 49.6 Å². The number of carboxylic acids is 1. The molecule has 0 aliphatic carbocycles. The molecule has 9 nitrogen and oxygen atoms in total. The zero-order valence-electron chi connectivity index (χ0n) is 20.2. The number of anilines is 1. The van der Waals surface area contributed by atoms with Crippen LogP contribution in [0.3, 0.4) is 0 Å². The van der Waals surface area contributed by atoms with E-state index in [1.165, 1.54) is 23.9 Å². The molecular formula is C25H28ClN5O4S. The standard InChI is InChI=1S/C25H28ClN5O4S/c1-4-31-22(20(12-15(2)3)28-23(33)18-10-5-6-11-19(18)26)29-30-25(31)36-14-21(32)27-17-9-7-8-16(13-17)24(34)35/h5-11,13,15,20H,4,12,14H2,1-3H3,(H,27,32)(H,28,33)(H,34,35)/t20-/m0/s1. The van der Waals surface area contributed by atoms with Crippen molar-refractivity contribution in [2.75, 3.05) is 11.1 Å². The molecule has 0 saturated heterocycles. The number of benzene rings is 2. The van der Waals surface area contributed by atoms with Gasteiger partial charge in [-0.2, -0.15) is 0 Å². The van der Waals surface area contributed by atoms with E-state index in [0.29, 0.717) is 40.2 Å². The molecule has 0 radical (unpaired) electrons. The molecule has 2 amide bonds. The summed E-state index contributed by atoms with van der Waals surface area (Å²) >= 11 is 7.42. The van der Waals surface area contributed by atoms with Crippen molar-refractivity contribution in [3.05, 3.63) is 70.5 Å². The average Bonchev–Trinajstić information content (AvgIpc) is 3.25. The van der Waals surface area contributed by atoms with Crippen LogP contribution >= 0.6 is 23.4 Å². The first kappa shape index (κ1) is 27.2. The number of carbonyl (C=O) groups is 3. The first-order valence-corrected chi connectivity index (χ1v) is 12.8. The summed E-state index contributed by atoms with van der Waals surface area (Å²) in [6.45, 7) is 6.60. The second-order valence-corrected chi connectivity index (χ2v) is 9.79. The number of hydrogen-bond donors (Lipinski definition) is 3. The van der Waals surface area contributed by atoms with Gasteiger partial charge < -0.3 is 20.3 Å². The zero-order chi connectivity index (χ0) is 26.2. The molecule has 1 atom stereocenters. The molecule has 0 fully saturated rings. The van der Waals surface area contributed by atoms with Crippen LogP contribution in [0.5, 0.6) is 0 Å². The lowest BCUT2D eigenvalue weighted by Crippen LogP contribution is -2.31. The van der Waals surface area contributed by atoms with Crippen LogP contribution in [-0.2, 0) is 11.3 Å². The van der Waals surface area contributed by atoms with Crippen molar-refractivity contribution < 1.29 is 19.5 Å². The number of amides is 2. The van der Waals surface area contributed by atoms with E-state index in [0.717, 1.165) is 0 Å². The lowest BCUT2D eigenvalue weighted by atomic mass is 10.0. The van der Waals surface area contributed by atoms with Crippen molar-refractivity contribution in [1.82, 2.24) is 20.1 Å². The summed E-state index contributed by atoms with van der Waals surface area (Å²) in [6, 6.07) is 12.5. The summed E-state index contributed by atoms with van der Waals surface area (Å²) in [5.41, 5.74) is 0.872. The Morgan fingerprint density at radius 3 is 2.53 bits per heavy atom. The Balaban J connectivity index is 1.73. The molecule has 190 valence electrons. The number of nitrogens with one attached hydrogen (secondary N) is 2. The van der Waals surface area contributed by atoms with Crippen LogP contribution in [0, 0.1) is 5.92 Å². The fraction of sp³-hybridized carbons (Fsp3) is 0.320.